The molecule has 0 saturated carbocycles. The number of carbonyl (C=O) groups excluding carboxylic acids is 3. The number of benzene rings is 2. The number of amides is 3. The highest BCUT2D eigenvalue weighted by atomic mass is 32.2. The SMILES string of the molecule is O=C(NCc1ccc(N2CCCC2=O)cc1)[C@@H]1CS[C@@H](Cc2ccccc2F)C(=O)N1. The standard InChI is InChI=1S/C23H24FN3O3S/c24-18-5-2-1-4-16(18)12-20-23(30)26-19(14-31-20)22(29)25-13-15-7-9-17(10-8-15)27-11-3-6-21(27)28/h1-2,4-5,7-10,19-20H,3,6,11-14H2,(H,25,29)(H,26,30)/t19-,20-/m0/s1. The van der Waals surface area contributed by atoms with Crippen LogP contribution in [0, 0.1) is 5.82 Å². The van der Waals surface area contributed by atoms with Crippen molar-refractivity contribution in [3.05, 3.63) is 65.5 Å². The van der Waals surface area contributed by atoms with Crippen molar-refractivity contribution in [3.63, 3.8) is 0 Å². The van der Waals surface area contributed by atoms with Crippen LogP contribution in [0.2, 0.25) is 0 Å². The second-order valence-electron chi connectivity index (χ2n) is 7.71. The molecule has 8 heteroatoms. The monoisotopic (exact) mass is 441 g/mol. The maximum absolute atomic E-state index is 13.8. The highest BCUT2D eigenvalue weighted by Gasteiger charge is 2.32. The summed E-state index contributed by atoms with van der Waals surface area (Å²) in [4.78, 5) is 38.5. The molecule has 3 amide bonds. The molecule has 2 fully saturated rings. The molecule has 2 heterocycles. The van der Waals surface area contributed by atoms with E-state index in [9.17, 15) is 18.8 Å². The zero-order valence-electron chi connectivity index (χ0n) is 17.0. The van der Waals surface area contributed by atoms with Crippen molar-refractivity contribution >= 4 is 35.2 Å². The van der Waals surface area contributed by atoms with E-state index < -0.39 is 11.3 Å². The molecule has 0 spiro atoms. The first-order valence-electron chi connectivity index (χ1n) is 10.3. The van der Waals surface area contributed by atoms with Crippen molar-refractivity contribution in [2.24, 2.45) is 0 Å². The molecule has 6 nitrogen and oxygen atoms in total. The van der Waals surface area contributed by atoms with Crippen LogP contribution in [0.5, 0.6) is 0 Å². The smallest absolute Gasteiger partial charge is 0.243 e. The summed E-state index contributed by atoms with van der Waals surface area (Å²) in [5.74, 6) is -0.244. The van der Waals surface area contributed by atoms with E-state index in [0.717, 1.165) is 24.2 Å². The van der Waals surface area contributed by atoms with E-state index in [1.54, 1.807) is 23.1 Å². The van der Waals surface area contributed by atoms with E-state index in [1.165, 1.54) is 17.8 Å². The van der Waals surface area contributed by atoms with Gasteiger partial charge in [0.2, 0.25) is 17.7 Å². The third-order valence-corrected chi connectivity index (χ3v) is 6.85. The number of thioether (sulfide) groups is 1. The van der Waals surface area contributed by atoms with Gasteiger partial charge in [-0.25, -0.2) is 4.39 Å². The number of rotatable bonds is 6. The van der Waals surface area contributed by atoms with Gasteiger partial charge in [0.15, 0.2) is 0 Å². The van der Waals surface area contributed by atoms with Gasteiger partial charge in [-0.2, -0.15) is 0 Å². The molecule has 2 atom stereocenters. The fourth-order valence-electron chi connectivity index (χ4n) is 3.78. The number of carbonyl (C=O) groups is 3. The maximum Gasteiger partial charge on any atom is 0.243 e. The number of halogens is 1. The summed E-state index contributed by atoms with van der Waals surface area (Å²) in [7, 11) is 0. The van der Waals surface area contributed by atoms with Gasteiger partial charge < -0.3 is 15.5 Å². The summed E-state index contributed by atoms with van der Waals surface area (Å²) in [6.07, 6.45) is 1.76. The van der Waals surface area contributed by atoms with E-state index in [2.05, 4.69) is 10.6 Å². The van der Waals surface area contributed by atoms with E-state index in [-0.39, 0.29) is 23.5 Å². The lowest BCUT2D eigenvalue weighted by molar-refractivity contribution is -0.128. The van der Waals surface area contributed by atoms with Crippen molar-refractivity contribution < 1.29 is 18.8 Å². The zero-order valence-corrected chi connectivity index (χ0v) is 17.8. The molecular formula is C23H24FN3O3S. The number of anilines is 1. The van der Waals surface area contributed by atoms with Crippen LogP contribution in [0.25, 0.3) is 0 Å². The molecule has 2 aliphatic heterocycles. The normalized spacial score (nSPS) is 21.1. The van der Waals surface area contributed by atoms with E-state index in [4.69, 9.17) is 0 Å². The van der Waals surface area contributed by atoms with Gasteiger partial charge in [0.1, 0.15) is 11.9 Å². The molecule has 2 aromatic rings. The fraction of sp³-hybridized carbons (Fsp3) is 0.348. The predicted octanol–water partition coefficient (Wildman–Crippen LogP) is 2.41. The highest BCUT2D eigenvalue weighted by Crippen LogP contribution is 2.24. The van der Waals surface area contributed by atoms with Crippen LogP contribution < -0.4 is 15.5 Å². The number of nitrogens with one attached hydrogen (secondary N) is 2. The van der Waals surface area contributed by atoms with Gasteiger partial charge in [-0.3, -0.25) is 14.4 Å². The van der Waals surface area contributed by atoms with Crippen molar-refractivity contribution in [1.82, 2.24) is 10.6 Å². The molecule has 0 unspecified atom stereocenters. The Labute approximate surface area is 184 Å². The van der Waals surface area contributed by atoms with Crippen molar-refractivity contribution in [3.8, 4) is 0 Å². The molecule has 31 heavy (non-hydrogen) atoms. The first-order valence-corrected chi connectivity index (χ1v) is 11.4. The van der Waals surface area contributed by atoms with Crippen LogP contribution in [0.1, 0.15) is 24.0 Å². The van der Waals surface area contributed by atoms with Crippen LogP contribution in [0.15, 0.2) is 48.5 Å². The quantitative estimate of drug-likeness (QED) is 0.722. The zero-order chi connectivity index (χ0) is 21.8. The summed E-state index contributed by atoms with van der Waals surface area (Å²) >= 11 is 1.37. The van der Waals surface area contributed by atoms with Gasteiger partial charge in [-0.05, 0) is 42.2 Å². The largest absolute Gasteiger partial charge is 0.350 e. The fourth-order valence-corrected chi connectivity index (χ4v) is 4.95. The lowest BCUT2D eigenvalue weighted by Gasteiger charge is -2.28. The molecule has 2 aliphatic rings. The second-order valence-corrected chi connectivity index (χ2v) is 8.95. The Morgan fingerprint density at radius 3 is 2.61 bits per heavy atom. The Balaban J connectivity index is 1.26. The molecule has 162 valence electrons. The molecule has 4 rings (SSSR count). The Bertz CT molecular complexity index is 982. The Morgan fingerprint density at radius 1 is 1.16 bits per heavy atom. The van der Waals surface area contributed by atoms with E-state index >= 15 is 0 Å². The molecule has 0 bridgehead atoms. The first-order chi connectivity index (χ1) is 15.0. The first kappa shape index (κ1) is 21.4. The summed E-state index contributed by atoms with van der Waals surface area (Å²) in [5.41, 5.74) is 2.28. The lowest BCUT2D eigenvalue weighted by atomic mass is 10.1. The van der Waals surface area contributed by atoms with Gasteiger partial charge in [0.05, 0.1) is 5.25 Å². The minimum atomic E-state index is -0.615. The van der Waals surface area contributed by atoms with E-state index in [0.29, 0.717) is 30.7 Å². The summed E-state index contributed by atoms with van der Waals surface area (Å²) < 4.78 is 13.8. The van der Waals surface area contributed by atoms with Crippen LogP contribution in [0.4, 0.5) is 10.1 Å². The molecule has 2 aromatic carbocycles. The summed E-state index contributed by atoms with van der Waals surface area (Å²) in [5, 5.41) is 5.19. The van der Waals surface area contributed by atoms with Crippen LogP contribution in [-0.2, 0) is 27.3 Å². The lowest BCUT2D eigenvalue weighted by Crippen LogP contribution is -2.54. The molecule has 2 saturated heterocycles. The average Bonchev–Trinajstić information content (AvgIpc) is 3.21. The molecule has 0 aromatic heterocycles. The summed E-state index contributed by atoms with van der Waals surface area (Å²) in [6.45, 7) is 1.08. The van der Waals surface area contributed by atoms with Gasteiger partial charge in [0, 0.05) is 31.0 Å². The Hall–Kier alpha value is -2.87. The number of hydrogen-bond acceptors (Lipinski definition) is 4. The third-order valence-electron chi connectivity index (χ3n) is 5.54. The minimum Gasteiger partial charge on any atom is -0.350 e. The van der Waals surface area contributed by atoms with Crippen molar-refractivity contribution in [2.75, 3.05) is 17.2 Å². The van der Waals surface area contributed by atoms with Gasteiger partial charge >= 0.3 is 0 Å². The minimum absolute atomic E-state index is 0.139. The van der Waals surface area contributed by atoms with Crippen LogP contribution in [0.3, 0.4) is 0 Å². The van der Waals surface area contributed by atoms with Gasteiger partial charge in [-0.1, -0.05) is 30.3 Å². The average molecular weight is 442 g/mol. The Morgan fingerprint density at radius 2 is 1.94 bits per heavy atom. The highest BCUT2D eigenvalue weighted by molar-refractivity contribution is 8.00. The topological polar surface area (TPSA) is 78.5 Å². The van der Waals surface area contributed by atoms with E-state index in [1.807, 2.05) is 24.3 Å². The second kappa shape index (κ2) is 9.51. The number of nitrogens with zero attached hydrogens (tertiary/aromatic N) is 1. The third kappa shape index (κ3) is 5.07. The van der Waals surface area contributed by atoms with Crippen molar-refractivity contribution in [2.45, 2.75) is 37.1 Å². The number of hydrogen-bond donors (Lipinski definition) is 2. The predicted molar refractivity (Wildman–Crippen MR) is 118 cm³/mol. The van der Waals surface area contributed by atoms with Gasteiger partial charge in [0.25, 0.3) is 0 Å². The molecule has 2 N–H and O–H groups in total. The molecular weight excluding hydrogens is 417 g/mol. The van der Waals surface area contributed by atoms with Crippen molar-refractivity contribution in [1.29, 1.82) is 0 Å². The summed E-state index contributed by atoms with van der Waals surface area (Å²) in [6, 6.07) is 13.4. The molecule has 0 radical (unpaired) electrons. The van der Waals surface area contributed by atoms with Crippen LogP contribution >= 0.6 is 11.8 Å². The van der Waals surface area contributed by atoms with Gasteiger partial charge in [-0.15, -0.1) is 11.8 Å². The molecule has 0 aliphatic carbocycles. The maximum atomic E-state index is 13.8. The Kier molecular flexibility index (Phi) is 6.56. The van der Waals surface area contributed by atoms with Crippen LogP contribution in [-0.4, -0.2) is 41.3 Å².